The molecule has 0 spiro atoms. The number of para-hydroxylation sites is 2. The van der Waals surface area contributed by atoms with Crippen LogP contribution >= 0.6 is 0 Å². The first kappa shape index (κ1) is 16.1. The Balaban J connectivity index is 1.44. The van der Waals surface area contributed by atoms with Crippen molar-refractivity contribution in [2.75, 3.05) is 11.5 Å². The molecular weight excluding hydrogens is 328 g/mol. The molecule has 3 aromatic rings. The number of hydrogen-bond acceptors (Lipinski definition) is 4. The van der Waals surface area contributed by atoms with E-state index in [0.29, 0.717) is 18.8 Å². The summed E-state index contributed by atoms with van der Waals surface area (Å²) in [6.45, 7) is 1.04. The van der Waals surface area contributed by atoms with Gasteiger partial charge in [-0.2, -0.15) is 0 Å². The zero-order chi connectivity index (χ0) is 17.8. The molecule has 1 aromatic heterocycles. The zero-order valence-electron chi connectivity index (χ0n) is 14.2. The van der Waals surface area contributed by atoms with Gasteiger partial charge in [-0.3, -0.25) is 9.69 Å². The van der Waals surface area contributed by atoms with Crippen LogP contribution in [0.1, 0.15) is 11.3 Å². The summed E-state index contributed by atoms with van der Waals surface area (Å²) in [4.78, 5) is 13.9. The van der Waals surface area contributed by atoms with E-state index in [9.17, 15) is 4.79 Å². The zero-order valence-corrected chi connectivity index (χ0v) is 14.2. The number of nitrogens with zero attached hydrogens (tertiary/aromatic N) is 4. The Morgan fingerprint density at radius 2 is 1.88 bits per heavy atom. The van der Waals surface area contributed by atoms with Gasteiger partial charge in [-0.05, 0) is 17.7 Å². The van der Waals surface area contributed by atoms with Gasteiger partial charge in [0.2, 0.25) is 0 Å². The minimum absolute atomic E-state index is 0.0466. The molecule has 6 heteroatoms. The molecule has 0 fully saturated rings. The van der Waals surface area contributed by atoms with Crippen LogP contribution in [0.5, 0.6) is 5.75 Å². The molecule has 6 nitrogen and oxygen atoms in total. The number of ether oxygens (including phenoxy) is 1. The number of benzene rings is 2. The molecule has 2 heterocycles. The molecule has 1 aliphatic heterocycles. The van der Waals surface area contributed by atoms with Crippen LogP contribution < -0.4 is 9.64 Å². The highest BCUT2D eigenvalue weighted by atomic mass is 16.5. The Kier molecular flexibility index (Phi) is 4.47. The Labute approximate surface area is 151 Å². The van der Waals surface area contributed by atoms with Gasteiger partial charge in [-0.25, -0.2) is 4.68 Å². The maximum atomic E-state index is 12.2. The number of carbonyl (C=O) groups is 1. The fourth-order valence-electron chi connectivity index (χ4n) is 2.85. The van der Waals surface area contributed by atoms with Crippen molar-refractivity contribution in [2.24, 2.45) is 0 Å². The average molecular weight is 346 g/mol. The Morgan fingerprint density at radius 1 is 1.08 bits per heavy atom. The summed E-state index contributed by atoms with van der Waals surface area (Å²) in [6.07, 6.45) is 5.94. The van der Waals surface area contributed by atoms with E-state index in [1.165, 1.54) is 0 Å². The highest BCUT2D eigenvalue weighted by molar-refractivity contribution is 5.97. The van der Waals surface area contributed by atoms with Crippen molar-refractivity contribution >= 4 is 17.7 Å². The number of fused-ring (bicyclic) bond motifs is 1. The molecule has 4 rings (SSSR count). The smallest absolute Gasteiger partial charge is 0.265 e. The van der Waals surface area contributed by atoms with Crippen molar-refractivity contribution in [1.29, 1.82) is 0 Å². The molecule has 1 amide bonds. The maximum absolute atomic E-state index is 12.2. The summed E-state index contributed by atoms with van der Waals surface area (Å²) in [6, 6.07) is 17.6. The molecule has 2 aromatic carbocycles. The van der Waals surface area contributed by atoms with Crippen LogP contribution in [0.25, 0.3) is 6.08 Å². The molecule has 0 unspecified atom stereocenters. The van der Waals surface area contributed by atoms with Gasteiger partial charge in [-0.1, -0.05) is 59.8 Å². The van der Waals surface area contributed by atoms with Crippen LogP contribution in [0.2, 0.25) is 0 Å². The van der Waals surface area contributed by atoms with Gasteiger partial charge in [0.1, 0.15) is 11.4 Å². The lowest BCUT2D eigenvalue weighted by molar-refractivity contribution is -0.121. The fourth-order valence-corrected chi connectivity index (χ4v) is 2.85. The standard InChI is InChI=1S/C20H18N4O2/c25-20-15-26-19-11-5-4-10-18(19)24(20)14-17-13-23(22-21-17)12-6-9-16-7-2-1-3-8-16/h1-11,13H,12,14-15H2/b9-6+. The number of aromatic nitrogens is 3. The molecule has 0 atom stereocenters. The number of anilines is 1. The molecule has 0 saturated heterocycles. The largest absolute Gasteiger partial charge is 0.482 e. The van der Waals surface area contributed by atoms with Crippen molar-refractivity contribution in [3.8, 4) is 5.75 Å². The van der Waals surface area contributed by atoms with Crippen molar-refractivity contribution in [2.45, 2.75) is 13.1 Å². The number of rotatable bonds is 5. The lowest BCUT2D eigenvalue weighted by Crippen LogP contribution is -2.38. The van der Waals surface area contributed by atoms with Crippen molar-refractivity contribution < 1.29 is 9.53 Å². The van der Waals surface area contributed by atoms with E-state index in [2.05, 4.69) is 10.3 Å². The van der Waals surface area contributed by atoms with Crippen LogP contribution in [-0.4, -0.2) is 27.5 Å². The predicted octanol–water partition coefficient (Wildman–Crippen LogP) is 2.92. The molecule has 0 aliphatic carbocycles. The molecule has 1 aliphatic rings. The molecule has 26 heavy (non-hydrogen) atoms. The lowest BCUT2D eigenvalue weighted by Gasteiger charge is -2.28. The summed E-state index contributed by atoms with van der Waals surface area (Å²) in [5.74, 6) is 0.632. The first-order valence-corrected chi connectivity index (χ1v) is 8.42. The summed E-state index contributed by atoms with van der Waals surface area (Å²) >= 11 is 0. The van der Waals surface area contributed by atoms with Crippen LogP contribution in [0.15, 0.2) is 66.9 Å². The van der Waals surface area contributed by atoms with Gasteiger partial charge in [-0.15, -0.1) is 5.10 Å². The number of carbonyl (C=O) groups excluding carboxylic acids is 1. The first-order chi connectivity index (χ1) is 12.8. The van der Waals surface area contributed by atoms with Gasteiger partial charge in [0, 0.05) is 0 Å². The summed E-state index contributed by atoms with van der Waals surface area (Å²) in [7, 11) is 0. The fraction of sp³-hybridized carbons (Fsp3) is 0.150. The summed E-state index contributed by atoms with van der Waals surface area (Å²) in [5.41, 5.74) is 2.65. The molecule has 0 saturated carbocycles. The van der Waals surface area contributed by atoms with E-state index in [1.807, 2.05) is 72.9 Å². The minimum atomic E-state index is -0.0813. The van der Waals surface area contributed by atoms with E-state index in [4.69, 9.17) is 4.74 Å². The van der Waals surface area contributed by atoms with Gasteiger partial charge in [0.15, 0.2) is 6.61 Å². The highest BCUT2D eigenvalue weighted by Gasteiger charge is 2.25. The quantitative estimate of drug-likeness (QED) is 0.713. The van der Waals surface area contributed by atoms with E-state index in [1.54, 1.807) is 9.58 Å². The lowest BCUT2D eigenvalue weighted by atomic mass is 10.2. The molecule has 0 radical (unpaired) electrons. The number of hydrogen-bond donors (Lipinski definition) is 0. The second kappa shape index (κ2) is 7.23. The van der Waals surface area contributed by atoms with E-state index >= 15 is 0 Å². The summed E-state index contributed by atoms with van der Waals surface area (Å²) < 4.78 is 7.22. The van der Waals surface area contributed by atoms with Crippen LogP contribution in [-0.2, 0) is 17.9 Å². The minimum Gasteiger partial charge on any atom is -0.482 e. The normalized spacial score (nSPS) is 13.7. The SMILES string of the molecule is O=C1COc2ccccc2N1Cc1cn(C/C=C/c2ccccc2)nn1. The Bertz CT molecular complexity index is 934. The first-order valence-electron chi connectivity index (χ1n) is 8.42. The summed E-state index contributed by atoms with van der Waals surface area (Å²) in [5, 5.41) is 8.33. The van der Waals surface area contributed by atoms with Gasteiger partial charge < -0.3 is 4.74 Å². The van der Waals surface area contributed by atoms with Crippen LogP contribution in [0.3, 0.4) is 0 Å². The van der Waals surface area contributed by atoms with E-state index < -0.39 is 0 Å². The maximum Gasteiger partial charge on any atom is 0.265 e. The van der Waals surface area contributed by atoms with E-state index in [0.717, 1.165) is 16.9 Å². The second-order valence-electron chi connectivity index (χ2n) is 5.98. The van der Waals surface area contributed by atoms with Crippen molar-refractivity contribution in [1.82, 2.24) is 15.0 Å². The topological polar surface area (TPSA) is 60.2 Å². The third-order valence-electron chi connectivity index (χ3n) is 4.12. The van der Waals surface area contributed by atoms with Gasteiger partial charge in [0.05, 0.1) is 25.0 Å². The second-order valence-corrected chi connectivity index (χ2v) is 5.98. The predicted molar refractivity (Wildman–Crippen MR) is 98.6 cm³/mol. The van der Waals surface area contributed by atoms with Crippen molar-refractivity contribution in [3.63, 3.8) is 0 Å². The number of amides is 1. The van der Waals surface area contributed by atoms with Crippen LogP contribution in [0.4, 0.5) is 5.69 Å². The number of allylic oxidation sites excluding steroid dienone is 1. The Hall–Kier alpha value is -3.41. The average Bonchev–Trinajstić information content (AvgIpc) is 3.12. The molecule has 0 bridgehead atoms. The third-order valence-corrected chi connectivity index (χ3v) is 4.12. The third kappa shape index (κ3) is 3.49. The molecule has 130 valence electrons. The van der Waals surface area contributed by atoms with E-state index in [-0.39, 0.29) is 12.5 Å². The van der Waals surface area contributed by atoms with Crippen molar-refractivity contribution in [3.05, 3.63) is 78.1 Å². The van der Waals surface area contributed by atoms with Crippen LogP contribution in [0, 0.1) is 0 Å². The highest BCUT2D eigenvalue weighted by Crippen LogP contribution is 2.32. The molecule has 0 N–H and O–H groups in total. The van der Waals surface area contributed by atoms with Gasteiger partial charge in [0.25, 0.3) is 5.91 Å². The Morgan fingerprint density at radius 3 is 2.77 bits per heavy atom. The monoisotopic (exact) mass is 346 g/mol. The molecular formula is C20H18N4O2. The van der Waals surface area contributed by atoms with Gasteiger partial charge >= 0.3 is 0 Å².